The van der Waals surface area contributed by atoms with Crippen molar-refractivity contribution in [2.75, 3.05) is 31.2 Å². The highest BCUT2D eigenvalue weighted by Gasteiger charge is 2.16. The van der Waals surface area contributed by atoms with Crippen LogP contribution in [0.3, 0.4) is 0 Å². The van der Waals surface area contributed by atoms with E-state index in [1.54, 1.807) is 24.3 Å². The molecule has 1 aliphatic heterocycles. The number of nitrogens with two attached hydrogens (primary N) is 2. The molecule has 0 bridgehead atoms. The Kier molecular flexibility index (Phi) is 5.56. The molecule has 1 fully saturated rings. The van der Waals surface area contributed by atoms with Gasteiger partial charge in [-0.3, -0.25) is 4.79 Å². The van der Waals surface area contributed by atoms with E-state index < -0.39 is 0 Å². The molecule has 25 heavy (non-hydrogen) atoms. The molecule has 5 N–H and O–H groups in total. The molecule has 3 rings (SSSR count). The Labute approximate surface area is 148 Å². The van der Waals surface area contributed by atoms with Gasteiger partial charge >= 0.3 is 0 Å². The van der Waals surface area contributed by atoms with Crippen molar-refractivity contribution in [3.8, 4) is 5.75 Å². The smallest absolute Gasteiger partial charge is 0.196 e. The topological polar surface area (TPSA) is 90.4 Å². The minimum absolute atomic E-state index is 0.109. The van der Waals surface area contributed by atoms with Crippen LogP contribution >= 0.6 is 0 Å². The molecule has 0 radical (unpaired) electrons. The molecular weight excluding hydrogens is 314 g/mol. The average molecular weight is 339 g/mol. The molecule has 0 aromatic heterocycles. The predicted molar refractivity (Wildman–Crippen MR) is 101 cm³/mol. The largest absolute Gasteiger partial charge is 0.493 e. The number of para-hydroxylation sites is 1. The van der Waals surface area contributed by atoms with Crippen molar-refractivity contribution < 1.29 is 9.53 Å². The average Bonchev–Trinajstić information content (AvgIpc) is 3.14. The second-order valence-corrected chi connectivity index (χ2v) is 6.52. The van der Waals surface area contributed by atoms with E-state index >= 15 is 0 Å². The molecular formula is C20H25N3O2. The predicted octanol–water partition coefficient (Wildman–Crippen LogP) is 2.85. The van der Waals surface area contributed by atoms with Crippen LogP contribution in [0.4, 0.5) is 11.4 Å². The fourth-order valence-electron chi connectivity index (χ4n) is 3.17. The lowest BCUT2D eigenvalue weighted by Gasteiger charge is -2.12. The molecule has 2 aromatic rings. The number of nitrogen functional groups attached to an aromatic ring is 2. The lowest BCUT2D eigenvalue weighted by molar-refractivity contribution is 0.103. The Balaban J connectivity index is 1.65. The van der Waals surface area contributed by atoms with Crippen molar-refractivity contribution in [3.05, 3.63) is 53.6 Å². The summed E-state index contributed by atoms with van der Waals surface area (Å²) in [4.78, 5) is 12.8. The second-order valence-electron chi connectivity index (χ2n) is 6.52. The zero-order valence-corrected chi connectivity index (χ0v) is 14.3. The van der Waals surface area contributed by atoms with Crippen molar-refractivity contribution >= 4 is 17.2 Å². The van der Waals surface area contributed by atoms with Gasteiger partial charge in [-0.05, 0) is 68.6 Å². The third-order valence-corrected chi connectivity index (χ3v) is 4.66. The molecule has 1 saturated heterocycles. The van der Waals surface area contributed by atoms with Crippen LogP contribution in [-0.2, 0) is 0 Å². The Morgan fingerprint density at radius 2 is 2.00 bits per heavy atom. The van der Waals surface area contributed by atoms with Crippen molar-refractivity contribution in [1.82, 2.24) is 5.32 Å². The molecule has 132 valence electrons. The summed E-state index contributed by atoms with van der Waals surface area (Å²) in [5, 5.41) is 3.38. The Bertz CT molecular complexity index is 739. The van der Waals surface area contributed by atoms with Gasteiger partial charge in [-0.1, -0.05) is 12.1 Å². The number of rotatable bonds is 7. The van der Waals surface area contributed by atoms with Crippen LogP contribution in [0.15, 0.2) is 42.5 Å². The molecule has 5 heteroatoms. The van der Waals surface area contributed by atoms with Gasteiger partial charge in [0.15, 0.2) is 5.78 Å². The molecule has 0 spiro atoms. The second kappa shape index (κ2) is 8.03. The standard InChI is InChI=1S/C20H25N3O2/c21-17-8-7-15(12-18(17)22)20(24)16-5-1-2-6-19(16)25-11-3-4-14-9-10-23-13-14/h1-2,5-8,12,14,23H,3-4,9-11,13,21-22H2. The van der Waals surface area contributed by atoms with E-state index in [1.165, 1.54) is 6.42 Å². The van der Waals surface area contributed by atoms with Crippen LogP contribution in [-0.4, -0.2) is 25.5 Å². The van der Waals surface area contributed by atoms with Crippen LogP contribution in [0.1, 0.15) is 35.2 Å². The minimum atomic E-state index is -0.109. The number of carbonyl (C=O) groups excluding carboxylic acids is 1. The van der Waals surface area contributed by atoms with E-state index in [4.69, 9.17) is 16.2 Å². The van der Waals surface area contributed by atoms with Gasteiger partial charge in [0.25, 0.3) is 0 Å². The van der Waals surface area contributed by atoms with Crippen LogP contribution in [0.25, 0.3) is 0 Å². The summed E-state index contributed by atoms with van der Waals surface area (Å²) in [6.07, 6.45) is 3.38. The molecule has 1 aliphatic rings. The Morgan fingerprint density at radius 3 is 2.76 bits per heavy atom. The normalized spacial score (nSPS) is 16.7. The van der Waals surface area contributed by atoms with Gasteiger partial charge in [0.05, 0.1) is 23.5 Å². The lowest BCUT2D eigenvalue weighted by Crippen LogP contribution is -2.11. The highest BCUT2D eigenvalue weighted by Crippen LogP contribution is 2.25. The van der Waals surface area contributed by atoms with Gasteiger partial charge in [0, 0.05) is 5.56 Å². The summed E-state index contributed by atoms with van der Waals surface area (Å²) in [5.41, 5.74) is 13.5. The minimum Gasteiger partial charge on any atom is -0.493 e. The van der Waals surface area contributed by atoms with E-state index in [1.807, 2.05) is 18.2 Å². The third kappa shape index (κ3) is 4.31. The third-order valence-electron chi connectivity index (χ3n) is 4.66. The van der Waals surface area contributed by atoms with Crippen molar-refractivity contribution in [2.24, 2.45) is 5.92 Å². The van der Waals surface area contributed by atoms with Crippen LogP contribution in [0, 0.1) is 5.92 Å². The number of ether oxygens (including phenoxy) is 1. The maximum atomic E-state index is 12.8. The van der Waals surface area contributed by atoms with Gasteiger partial charge in [-0.2, -0.15) is 0 Å². The summed E-state index contributed by atoms with van der Waals surface area (Å²) in [7, 11) is 0. The van der Waals surface area contributed by atoms with E-state index in [0.717, 1.165) is 31.8 Å². The number of hydrogen-bond acceptors (Lipinski definition) is 5. The van der Waals surface area contributed by atoms with Crippen molar-refractivity contribution in [3.63, 3.8) is 0 Å². The summed E-state index contributed by atoms with van der Waals surface area (Å²) < 4.78 is 5.90. The quantitative estimate of drug-likeness (QED) is 0.410. The first-order valence-electron chi connectivity index (χ1n) is 8.77. The van der Waals surface area contributed by atoms with Gasteiger partial charge in [0.1, 0.15) is 5.75 Å². The zero-order valence-electron chi connectivity index (χ0n) is 14.3. The maximum Gasteiger partial charge on any atom is 0.196 e. The first-order chi connectivity index (χ1) is 12.1. The first-order valence-corrected chi connectivity index (χ1v) is 8.77. The van der Waals surface area contributed by atoms with Gasteiger partial charge in [0.2, 0.25) is 0 Å². The summed E-state index contributed by atoms with van der Waals surface area (Å²) in [5.74, 6) is 1.26. The highest BCUT2D eigenvalue weighted by molar-refractivity contribution is 6.11. The van der Waals surface area contributed by atoms with Crippen LogP contribution in [0.2, 0.25) is 0 Å². The number of carbonyl (C=O) groups is 1. The molecule has 1 heterocycles. The van der Waals surface area contributed by atoms with Crippen LogP contribution in [0.5, 0.6) is 5.75 Å². The number of nitrogens with one attached hydrogen (secondary N) is 1. The number of benzene rings is 2. The SMILES string of the molecule is Nc1ccc(C(=O)c2ccccc2OCCCC2CCNC2)cc1N. The Morgan fingerprint density at radius 1 is 1.16 bits per heavy atom. The molecule has 0 aliphatic carbocycles. The lowest BCUT2D eigenvalue weighted by atomic mass is 10.0. The molecule has 1 unspecified atom stereocenters. The molecule has 1 atom stereocenters. The van der Waals surface area contributed by atoms with Crippen molar-refractivity contribution in [1.29, 1.82) is 0 Å². The van der Waals surface area contributed by atoms with E-state index in [-0.39, 0.29) is 5.78 Å². The van der Waals surface area contributed by atoms with Gasteiger partial charge < -0.3 is 21.5 Å². The summed E-state index contributed by atoms with van der Waals surface area (Å²) in [6.45, 7) is 2.84. The summed E-state index contributed by atoms with van der Waals surface area (Å²) in [6, 6.07) is 12.3. The maximum absolute atomic E-state index is 12.8. The Hall–Kier alpha value is -2.53. The van der Waals surface area contributed by atoms with E-state index in [0.29, 0.717) is 34.9 Å². The number of ketones is 1. The molecule has 5 nitrogen and oxygen atoms in total. The zero-order chi connectivity index (χ0) is 17.6. The molecule has 0 amide bonds. The van der Waals surface area contributed by atoms with Crippen molar-refractivity contribution in [2.45, 2.75) is 19.3 Å². The molecule has 0 saturated carbocycles. The fourth-order valence-corrected chi connectivity index (χ4v) is 3.17. The van der Waals surface area contributed by atoms with Gasteiger partial charge in [-0.15, -0.1) is 0 Å². The number of hydrogen-bond donors (Lipinski definition) is 3. The highest BCUT2D eigenvalue weighted by atomic mass is 16.5. The first kappa shape index (κ1) is 17.3. The fraction of sp³-hybridized carbons (Fsp3) is 0.350. The van der Waals surface area contributed by atoms with Crippen LogP contribution < -0.4 is 21.5 Å². The van der Waals surface area contributed by atoms with E-state index in [9.17, 15) is 4.79 Å². The number of anilines is 2. The van der Waals surface area contributed by atoms with E-state index in [2.05, 4.69) is 5.32 Å². The monoisotopic (exact) mass is 339 g/mol. The van der Waals surface area contributed by atoms with Gasteiger partial charge in [-0.25, -0.2) is 0 Å². The molecule has 2 aromatic carbocycles. The summed E-state index contributed by atoms with van der Waals surface area (Å²) >= 11 is 0.